The first-order valence-corrected chi connectivity index (χ1v) is 7.10. The molecule has 3 rings (SSSR count). The Hall–Kier alpha value is -2.82. The smallest absolute Gasteiger partial charge is 0.231 e. The Morgan fingerprint density at radius 1 is 1.14 bits per heavy atom. The van der Waals surface area contributed by atoms with E-state index in [1.165, 1.54) is 0 Å². The number of hydrogen-bond acceptors (Lipinski definition) is 3. The lowest BCUT2D eigenvalue weighted by Gasteiger charge is -2.12. The first-order chi connectivity index (χ1) is 10.7. The van der Waals surface area contributed by atoms with Crippen molar-refractivity contribution >= 4 is 23.2 Å². The molecule has 0 aliphatic carbocycles. The minimum Gasteiger partial charge on any atom is -0.491 e. The maximum atomic E-state index is 12.2. The van der Waals surface area contributed by atoms with Gasteiger partial charge in [-0.2, -0.15) is 0 Å². The second-order valence-corrected chi connectivity index (χ2v) is 5.11. The largest absolute Gasteiger partial charge is 0.491 e. The SMILES string of the molecule is O=C(C[C@H]1COc2ccccc2NC1=O)Nc1ccccc1. The summed E-state index contributed by atoms with van der Waals surface area (Å²) in [7, 11) is 0. The highest BCUT2D eigenvalue weighted by Gasteiger charge is 2.26. The van der Waals surface area contributed by atoms with Crippen LogP contribution in [-0.2, 0) is 9.59 Å². The Kier molecular flexibility index (Phi) is 4.05. The van der Waals surface area contributed by atoms with Crippen LogP contribution in [0.25, 0.3) is 0 Å². The number of para-hydroxylation sites is 3. The summed E-state index contributed by atoms with van der Waals surface area (Å²) >= 11 is 0. The van der Waals surface area contributed by atoms with Gasteiger partial charge in [0.2, 0.25) is 11.8 Å². The molecule has 2 aromatic carbocycles. The van der Waals surface area contributed by atoms with Crippen molar-refractivity contribution in [2.24, 2.45) is 5.92 Å². The van der Waals surface area contributed by atoms with Crippen molar-refractivity contribution in [3.63, 3.8) is 0 Å². The molecular formula is C17H16N2O3. The van der Waals surface area contributed by atoms with Gasteiger partial charge in [-0.3, -0.25) is 9.59 Å². The molecule has 0 radical (unpaired) electrons. The van der Waals surface area contributed by atoms with Crippen LogP contribution in [0.1, 0.15) is 6.42 Å². The number of benzene rings is 2. The predicted molar refractivity (Wildman–Crippen MR) is 83.7 cm³/mol. The average molecular weight is 296 g/mol. The average Bonchev–Trinajstić information content (AvgIpc) is 2.68. The fraction of sp³-hybridized carbons (Fsp3) is 0.176. The van der Waals surface area contributed by atoms with Crippen molar-refractivity contribution in [1.29, 1.82) is 0 Å². The normalized spacial score (nSPS) is 16.7. The molecule has 0 saturated carbocycles. The monoisotopic (exact) mass is 296 g/mol. The number of amides is 2. The van der Waals surface area contributed by atoms with E-state index in [1.807, 2.05) is 30.3 Å². The molecule has 0 fully saturated rings. The minimum absolute atomic E-state index is 0.0781. The standard InChI is InChI=1S/C17H16N2O3/c20-16(18-13-6-2-1-3-7-13)10-12-11-22-15-9-5-4-8-14(15)19-17(12)21/h1-9,12H,10-11H2,(H,18,20)(H,19,21)/t12-/m0/s1. The van der Waals surface area contributed by atoms with E-state index in [9.17, 15) is 9.59 Å². The Bertz CT molecular complexity index is 685. The zero-order valence-electron chi connectivity index (χ0n) is 11.9. The third kappa shape index (κ3) is 3.25. The van der Waals surface area contributed by atoms with Gasteiger partial charge in [-0.1, -0.05) is 30.3 Å². The number of anilines is 2. The van der Waals surface area contributed by atoms with Crippen molar-refractivity contribution in [1.82, 2.24) is 0 Å². The fourth-order valence-corrected chi connectivity index (χ4v) is 2.31. The van der Waals surface area contributed by atoms with Gasteiger partial charge in [-0.25, -0.2) is 0 Å². The molecule has 1 atom stereocenters. The molecule has 112 valence electrons. The Morgan fingerprint density at radius 3 is 2.68 bits per heavy atom. The Morgan fingerprint density at radius 2 is 1.86 bits per heavy atom. The highest BCUT2D eigenvalue weighted by Crippen LogP contribution is 2.28. The van der Waals surface area contributed by atoms with E-state index in [-0.39, 0.29) is 24.8 Å². The summed E-state index contributed by atoms with van der Waals surface area (Å²) in [5, 5.41) is 5.57. The first-order valence-electron chi connectivity index (χ1n) is 7.10. The number of fused-ring (bicyclic) bond motifs is 1. The molecule has 5 nitrogen and oxygen atoms in total. The molecule has 0 aromatic heterocycles. The molecular weight excluding hydrogens is 280 g/mol. The summed E-state index contributed by atoms with van der Waals surface area (Å²) in [4.78, 5) is 24.3. The molecule has 0 bridgehead atoms. The first kappa shape index (κ1) is 14.1. The van der Waals surface area contributed by atoms with Crippen LogP contribution in [0, 0.1) is 5.92 Å². The van der Waals surface area contributed by atoms with Crippen molar-refractivity contribution in [3.8, 4) is 5.75 Å². The van der Waals surface area contributed by atoms with E-state index in [2.05, 4.69) is 10.6 Å². The summed E-state index contributed by atoms with van der Waals surface area (Å²) in [5.74, 6) is -0.299. The van der Waals surface area contributed by atoms with Crippen LogP contribution in [-0.4, -0.2) is 18.4 Å². The van der Waals surface area contributed by atoms with Gasteiger partial charge >= 0.3 is 0 Å². The maximum absolute atomic E-state index is 12.2. The lowest BCUT2D eigenvalue weighted by molar-refractivity contribution is -0.125. The maximum Gasteiger partial charge on any atom is 0.231 e. The summed E-state index contributed by atoms with van der Waals surface area (Å²) in [6.45, 7) is 0.186. The minimum atomic E-state index is -0.517. The van der Waals surface area contributed by atoms with Gasteiger partial charge in [0.1, 0.15) is 12.4 Å². The van der Waals surface area contributed by atoms with Crippen molar-refractivity contribution in [2.75, 3.05) is 17.2 Å². The number of carbonyl (C=O) groups excluding carboxylic acids is 2. The molecule has 2 N–H and O–H groups in total. The lowest BCUT2D eigenvalue weighted by atomic mass is 10.1. The number of hydrogen-bond donors (Lipinski definition) is 2. The van der Waals surface area contributed by atoms with E-state index < -0.39 is 5.92 Å². The molecule has 1 aliphatic heterocycles. The molecule has 0 saturated heterocycles. The van der Waals surface area contributed by atoms with E-state index in [4.69, 9.17) is 4.74 Å². The molecule has 2 amide bonds. The molecule has 22 heavy (non-hydrogen) atoms. The molecule has 5 heteroatoms. The van der Waals surface area contributed by atoms with E-state index in [0.29, 0.717) is 17.1 Å². The van der Waals surface area contributed by atoms with Crippen LogP contribution in [0.3, 0.4) is 0 Å². The molecule has 1 aliphatic rings. The van der Waals surface area contributed by atoms with Crippen LogP contribution in [0.5, 0.6) is 5.75 Å². The topological polar surface area (TPSA) is 67.4 Å². The van der Waals surface area contributed by atoms with Gasteiger partial charge in [0, 0.05) is 12.1 Å². The number of nitrogens with one attached hydrogen (secondary N) is 2. The molecule has 1 heterocycles. The van der Waals surface area contributed by atoms with Crippen LogP contribution in [0.2, 0.25) is 0 Å². The third-order valence-electron chi connectivity index (χ3n) is 3.45. The molecule has 0 unspecified atom stereocenters. The second kappa shape index (κ2) is 6.30. The highest BCUT2D eigenvalue weighted by molar-refractivity contribution is 5.99. The summed E-state index contributed by atoms with van der Waals surface area (Å²) in [6.07, 6.45) is 0.0781. The van der Waals surface area contributed by atoms with Gasteiger partial charge < -0.3 is 15.4 Å². The van der Waals surface area contributed by atoms with Crippen molar-refractivity contribution in [2.45, 2.75) is 6.42 Å². The highest BCUT2D eigenvalue weighted by atomic mass is 16.5. The fourth-order valence-electron chi connectivity index (χ4n) is 2.31. The lowest BCUT2D eigenvalue weighted by Crippen LogP contribution is -2.29. The Balaban J connectivity index is 1.64. The summed E-state index contributed by atoms with van der Waals surface area (Å²) in [5.41, 5.74) is 1.35. The van der Waals surface area contributed by atoms with Crippen LogP contribution >= 0.6 is 0 Å². The summed E-state index contributed by atoms with van der Waals surface area (Å²) in [6, 6.07) is 16.4. The van der Waals surface area contributed by atoms with Gasteiger partial charge in [0.15, 0.2) is 0 Å². The predicted octanol–water partition coefficient (Wildman–Crippen LogP) is 2.66. The van der Waals surface area contributed by atoms with E-state index >= 15 is 0 Å². The number of rotatable bonds is 3. The second-order valence-electron chi connectivity index (χ2n) is 5.11. The summed E-state index contributed by atoms with van der Waals surface area (Å²) < 4.78 is 5.62. The van der Waals surface area contributed by atoms with Crippen LogP contribution < -0.4 is 15.4 Å². The van der Waals surface area contributed by atoms with Crippen LogP contribution in [0.15, 0.2) is 54.6 Å². The van der Waals surface area contributed by atoms with Crippen LogP contribution in [0.4, 0.5) is 11.4 Å². The van der Waals surface area contributed by atoms with Crippen molar-refractivity contribution < 1.29 is 14.3 Å². The number of ether oxygens (including phenoxy) is 1. The zero-order valence-corrected chi connectivity index (χ0v) is 11.9. The third-order valence-corrected chi connectivity index (χ3v) is 3.45. The Labute approximate surface area is 128 Å². The van der Waals surface area contributed by atoms with E-state index in [1.54, 1.807) is 24.3 Å². The quantitative estimate of drug-likeness (QED) is 0.915. The van der Waals surface area contributed by atoms with Crippen molar-refractivity contribution in [3.05, 3.63) is 54.6 Å². The van der Waals surface area contributed by atoms with Gasteiger partial charge in [-0.05, 0) is 24.3 Å². The number of carbonyl (C=O) groups is 2. The molecule has 0 spiro atoms. The van der Waals surface area contributed by atoms with Gasteiger partial charge in [-0.15, -0.1) is 0 Å². The molecule has 2 aromatic rings. The van der Waals surface area contributed by atoms with Gasteiger partial charge in [0.25, 0.3) is 0 Å². The zero-order chi connectivity index (χ0) is 15.4. The van der Waals surface area contributed by atoms with E-state index in [0.717, 1.165) is 0 Å². The van der Waals surface area contributed by atoms with Gasteiger partial charge in [0.05, 0.1) is 11.6 Å².